The SMILES string of the molecule is CCOc1ccccc1/C=C/C(=O)O[C@@H](C)C(=O)NC(N)=O. The largest absolute Gasteiger partial charge is 0.493 e. The molecule has 0 aliphatic heterocycles. The van der Waals surface area contributed by atoms with Crippen LogP contribution >= 0.6 is 0 Å². The Morgan fingerprint density at radius 3 is 2.64 bits per heavy atom. The summed E-state index contributed by atoms with van der Waals surface area (Å²) in [5, 5.41) is 1.83. The molecule has 0 aliphatic carbocycles. The number of urea groups is 1. The molecule has 0 fully saturated rings. The van der Waals surface area contributed by atoms with E-state index in [1.807, 2.05) is 18.3 Å². The van der Waals surface area contributed by atoms with Crippen LogP contribution in [0.2, 0.25) is 0 Å². The first-order valence-corrected chi connectivity index (χ1v) is 6.64. The van der Waals surface area contributed by atoms with Crippen molar-refractivity contribution in [1.29, 1.82) is 0 Å². The van der Waals surface area contributed by atoms with Gasteiger partial charge in [0, 0.05) is 11.6 Å². The number of benzene rings is 1. The number of nitrogens with one attached hydrogen (secondary N) is 1. The van der Waals surface area contributed by atoms with Crippen molar-refractivity contribution in [2.45, 2.75) is 20.0 Å². The molecule has 22 heavy (non-hydrogen) atoms. The van der Waals surface area contributed by atoms with Crippen LogP contribution in [0.4, 0.5) is 4.79 Å². The molecule has 3 amide bonds. The predicted molar refractivity (Wildman–Crippen MR) is 79.9 cm³/mol. The predicted octanol–water partition coefficient (Wildman–Crippen LogP) is 1.23. The molecule has 0 aliphatic rings. The van der Waals surface area contributed by atoms with Gasteiger partial charge in [0.2, 0.25) is 0 Å². The van der Waals surface area contributed by atoms with Gasteiger partial charge in [0.1, 0.15) is 5.75 Å². The fourth-order valence-corrected chi connectivity index (χ4v) is 1.55. The number of carbonyl (C=O) groups excluding carboxylic acids is 3. The normalized spacial score (nSPS) is 11.7. The summed E-state index contributed by atoms with van der Waals surface area (Å²) in [7, 11) is 0. The van der Waals surface area contributed by atoms with Crippen LogP contribution in [0.3, 0.4) is 0 Å². The number of para-hydroxylation sites is 1. The lowest BCUT2D eigenvalue weighted by atomic mass is 10.2. The van der Waals surface area contributed by atoms with Crippen LogP contribution in [-0.4, -0.2) is 30.6 Å². The van der Waals surface area contributed by atoms with Crippen LogP contribution in [0.5, 0.6) is 5.75 Å². The third-order valence-electron chi connectivity index (χ3n) is 2.53. The molecule has 0 unspecified atom stereocenters. The van der Waals surface area contributed by atoms with E-state index in [1.165, 1.54) is 19.1 Å². The first-order valence-electron chi connectivity index (χ1n) is 6.64. The van der Waals surface area contributed by atoms with Crippen LogP contribution in [-0.2, 0) is 14.3 Å². The number of hydrogen-bond donors (Lipinski definition) is 2. The summed E-state index contributed by atoms with van der Waals surface area (Å²) in [5.74, 6) is -0.879. The number of primary amides is 1. The highest BCUT2D eigenvalue weighted by molar-refractivity contribution is 5.97. The molecule has 7 nitrogen and oxygen atoms in total. The zero-order valence-electron chi connectivity index (χ0n) is 12.4. The van der Waals surface area contributed by atoms with Gasteiger partial charge < -0.3 is 15.2 Å². The van der Waals surface area contributed by atoms with Gasteiger partial charge in [0.25, 0.3) is 5.91 Å². The van der Waals surface area contributed by atoms with Crippen molar-refractivity contribution in [1.82, 2.24) is 5.32 Å². The summed E-state index contributed by atoms with van der Waals surface area (Å²) in [6.45, 7) is 3.69. The van der Waals surface area contributed by atoms with Gasteiger partial charge in [-0.1, -0.05) is 18.2 Å². The third kappa shape index (κ3) is 5.66. The Hall–Kier alpha value is -2.83. The maximum absolute atomic E-state index is 11.6. The monoisotopic (exact) mass is 306 g/mol. The molecular weight excluding hydrogens is 288 g/mol. The summed E-state index contributed by atoms with van der Waals surface area (Å²) in [5.41, 5.74) is 5.51. The van der Waals surface area contributed by atoms with Gasteiger partial charge in [-0.2, -0.15) is 0 Å². The van der Waals surface area contributed by atoms with Gasteiger partial charge in [0.15, 0.2) is 6.10 Å². The number of rotatable bonds is 6. The second kappa shape index (κ2) is 8.46. The lowest BCUT2D eigenvalue weighted by molar-refractivity contribution is -0.149. The van der Waals surface area contributed by atoms with Crippen molar-refractivity contribution >= 4 is 24.0 Å². The first-order chi connectivity index (χ1) is 10.4. The Kier molecular flexibility index (Phi) is 6.62. The maximum Gasteiger partial charge on any atom is 0.331 e. The van der Waals surface area contributed by atoms with E-state index in [-0.39, 0.29) is 0 Å². The van der Waals surface area contributed by atoms with E-state index in [1.54, 1.807) is 18.2 Å². The van der Waals surface area contributed by atoms with E-state index in [9.17, 15) is 14.4 Å². The Morgan fingerprint density at radius 1 is 1.32 bits per heavy atom. The molecule has 1 atom stereocenters. The molecule has 118 valence electrons. The highest BCUT2D eigenvalue weighted by Gasteiger charge is 2.17. The van der Waals surface area contributed by atoms with Crippen molar-refractivity contribution in [2.24, 2.45) is 5.73 Å². The highest BCUT2D eigenvalue weighted by Crippen LogP contribution is 2.19. The second-order valence-corrected chi connectivity index (χ2v) is 4.24. The zero-order valence-corrected chi connectivity index (χ0v) is 12.4. The minimum Gasteiger partial charge on any atom is -0.493 e. The van der Waals surface area contributed by atoms with Gasteiger partial charge in [0.05, 0.1) is 6.61 Å². The number of carbonyl (C=O) groups is 3. The Morgan fingerprint density at radius 2 is 2.00 bits per heavy atom. The molecule has 0 saturated heterocycles. The van der Waals surface area contributed by atoms with E-state index < -0.39 is 24.0 Å². The highest BCUT2D eigenvalue weighted by atomic mass is 16.5. The Labute approximate surface area is 128 Å². The van der Waals surface area contributed by atoms with Crippen LogP contribution in [0.15, 0.2) is 30.3 Å². The number of nitrogens with two attached hydrogens (primary N) is 1. The van der Waals surface area contributed by atoms with Crippen LogP contribution in [0, 0.1) is 0 Å². The van der Waals surface area contributed by atoms with E-state index >= 15 is 0 Å². The summed E-state index contributed by atoms with van der Waals surface area (Å²) in [4.78, 5) is 33.5. The number of esters is 1. The van der Waals surface area contributed by atoms with Gasteiger partial charge in [-0.15, -0.1) is 0 Å². The van der Waals surface area contributed by atoms with Crippen LogP contribution in [0.1, 0.15) is 19.4 Å². The molecule has 1 aromatic rings. The third-order valence-corrected chi connectivity index (χ3v) is 2.53. The first kappa shape index (κ1) is 17.2. The Balaban J connectivity index is 2.65. The van der Waals surface area contributed by atoms with Crippen molar-refractivity contribution < 1.29 is 23.9 Å². The minimum absolute atomic E-state index is 0.500. The lowest BCUT2D eigenvalue weighted by Crippen LogP contribution is -2.42. The van der Waals surface area contributed by atoms with E-state index in [4.69, 9.17) is 15.2 Å². The van der Waals surface area contributed by atoms with E-state index in [2.05, 4.69) is 0 Å². The van der Waals surface area contributed by atoms with Crippen molar-refractivity contribution in [3.05, 3.63) is 35.9 Å². The molecule has 7 heteroatoms. The minimum atomic E-state index is -1.13. The number of amides is 3. The van der Waals surface area contributed by atoms with Crippen molar-refractivity contribution in [2.75, 3.05) is 6.61 Å². The summed E-state index contributed by atoms with van der Waals surface area (Å²) >= 11 is 0. The average molecular weight is 306 g/mol. The van der Waals surface area contributed by atoms with E-state index in [0.29, 0.717) is 17.9 Å². The summed E-state index contributed by atoms with van der Waals surface area (Å²) in [6.07, 6.45) is 1.56. The smallest absolute Gasteiger partial charge is 0.331 e. The molecule has 1 aromatic carbocycles. The van der Waals surface area contributed by atoms with Crippen molar-refractivity contribution in [3.63, 3.8) is 0 Å². The molecule has 0 aromatic heterocycles. The topological polar surface area (TPSA) is 108 Å². The lowest BCUT2D eigenvalue weighted by Gasteiger charge is -2.10. The molecule has 0 spiro atoms. The van der Waals surface area contributed by atoms with Gasteiger partial charge in [-0.25, -0.2) is 9.59 Å². The van der Waals surface area contributed by atoms with Gasteiger partial charge >= 0.3 is 12.0 Å². The standard InChI is InChI=1S/C15H18N2O5/c1-3-21-12-7-5-4-6-11(12)8-9-13(18)22-10(2)14(19)17-15(16)20/h4-10H,3H2,1-2H3,(H3,16,17,19,20)/b9-8+/t10-/m0/s1. The molecule has 0 heterocycles. The van der Waals surface area contributed by atoms with Crippen LogP contribution < -0.4 is 15.8 Å². The van der Waals surface area contributed by atoms with Crippen molar-refractivity contribution in [3.8, 4) is 5.75 Å². The zero-order chi connectivity index (χ0) is 16.5. The molecule has 1 rings (SSSR count). The molecular formula is C15H18N2O5. The fraction of sp³-hybridized carbons (Fsp3) is 0.267. The number of imide groups is 1. The number of ether oxygens (including phenoxy) is 2. The summed E-state index contributed by atoms with van der Waals surface area (Å²) in [6, 6.07) is 6.16. The Bertz CT molecular complexity index is 583. The molecule has 0 saturated carbocycles. The van der Waals surface area contributed by atoms with Gasteiger partial charge in [-0.05, 0) is 26.0 Å². The fourth-order valence-electron chi connectivity index (χ4n) is 1.55. The molecule has 0 radical (unpaired) electrons. The van der Waals surface area contributed by atoms with Crippen LogP contribution in [0.25, 0.3) is 6.08 Å². The quantitative estimate of drug-likeness (QED) is 0.607. The number of hydrogen-bond acceptors (Lipinski definition) is 5. The molecule has 0 bridgehead atoms. The van der Waals surface area contributed by atoms with Gasteiger partial charge in [-0.3, -0.25) is 10.1 Å². The second-order valence-electron chi connectivity index (χ2n) is 4.24. The van der Waals surface area contributed by atoms with E-state index in [0.717, 1.165) is 0 Å². The molecule has 3 N–H and O–H groups in total. The average Bonchev–Trinajstić information content (AvgIpc) is 2.46. The maximum atomic E-state index is 11.6. The summed E-state index contributed by atoms with van der Waals surface area (Å²) < 4.78 is 10.3.